The van der Waals surface area contributed by atoms with Crippen LogP contribution in [0.2, 0.25) is 0 Å². The molecular weight excluding hydrogens is 160 g/mol. The maximum Gasteiger partial charge on any atom is 0.0605 e. The highest BCUT2D eigenvalue weighted by Gasteiger charge is 2.32. The highest BCUT2D eigenvalue weighted by Crippen LogP contribution is 2.38. The van der Waals surface area contributed by atoms with Crippen LogP contribution in [-0.4, -0.2) is 13.2 Å². The van der Waals surface area contributed by atoms with Crippen LogP contribution in [0, 0.1) is 11.8 Å². The second kappa shape index (κ2) is 4.28. The molecule has 3 unspecified atom stereocenters. The fourth-order valence-electron chi connectivity index (χ4n) is 2.93. The van der Waals surface area contributed by atoms with Gasteiger partial charge in [-0.25, -0.2) is 0 Å². The lowest BCUT2D eigenvalue weighted by atomic mass is 9.82. The van der Waals surface area contributed by atoms with Gasteiger partial charge in [0.25, 0.3) is 0 Å². The van der Waals surface area contributed by atoms with Crippen molar-refractivity contribution in [2.24, 2.45) is 11.8 Å². The summed E-state index contributed by atoms with van der Waals surface area (Å²) in [5.41, 5.74) is 0. The van der Waals surface area contributed by atoms with E-state index in [0.29, 0.717) is 6.10 Å². The quantitative estimate of drug-likeness (QED) is 0.593. The lowest BCUT2D eigenvalue weighted by Crippen LogP contribution is -2.24. The lowest BCUT2D eigenvalue weighted by molar-refractivity contribution is 0.0533. The summed E-state index contributed by atoms with van der Waals surface area (Å²) in [6.07, 6.45) is 13.4. The molecule has 0 saturated heterocycles. The molecule has 1 fully saturated rings. The Hall–Kier alpha value is -0.300. The van der Waals surface area contributed by atoms with Crippen LogP contribution < -0.4 is 0 Å². The van der Waals surface area contributed by atoms with Gasteiger partial charge >= 0.3 is 0 Å². The molecule has 0 aromatic carbocycles. The first-order valence-corrected chi connectivity index (χ1v) is 5.61. The molecule has 13 heavy (non-hydrogen) atoms. The normalized spacial score (nSPS) is 39.6. The smallest absolute Gasteiger partial charge is 0.0605 e. The summed E-state index contributed by atoms with van der Waals surface area (Å²) >= 11 is 0. The van der Waals surface area contributed by atoms with Crippen LogP contribution in [0.25, 0.3) is 0 Å². The third-order valence-corrected chi connectivity index (χ3v) is 3.65. The van der Waals surface area contributed by atoms with Crippen LogP contribution in [0.15, 0.2) is 12.2 Å². The second-order valence-electron chi connectivity index (χ2n) is 4.39. The number of hydrogen-bond acceptors (Lipinski definition) is 1. The first kappa shape index (κ1) is 9.26. The van der Waals surface area contributed by atoms with E-state index in [1.165, 1.54) is 38.5 Å². The molecule has 1 saturated carbocycles. The predicted molar refractivity (Wildman–Crippen MR) is 54.6 cm³/mol. The first-order chi connectivity index (χ1) is 6.42. The maximum absolute atomic E-state index is 5.54. The number of allylic oxidation sites excluding steroid dienone is 2. The van der Waals surface area contributed by atoms with Crippen molar-refractivity contribution >= 4 is 0 Å². The third kappa shape index (κ3) is 1.96. The van der Waals surface area contributed by atoms with E-state index < -0.39 is 0 Å². The van der Waals surface area contributed by atoms with Crippen molar-refractivity contribution in [3.63, 3.8) is 0 Å². The Bertz CT molecular complexity index is 186. The van der Waals surface area contributed by atoms with Gasteiger partial charge in [-0.05, 0) is 43.9 Å². The number of rotatable bonds is 2. The Morgan fingerprint density at radius 2 is 2.08 bits per heavy atom. The fourth-order valence-corrected chi connectivity index (χ4v) is 2.93. The minimum absolute atomic E-state index is 0.549. The van der Waals surface area contributed by atoms with Crippen LogP contribution in [0.1, 0.15) is 38.5 Å². The van der Waals surface area contributed by atoms with E-state index in [2.05, 4.69) is 12.2 Å². The Labute approximate surface area is 81.2 Å². The summed E-state index contributed by atoms with van der Waals surface area (Å²) in [5, 5.41) is 0. The summed E-state index contributed by atoms with van der Waals surface area (Å²) in [5.74, 6) is 1.64. The van der Waals surface area contributed by atoms with Gasteiger partial charge in [0.2, 0.25) is 0 Å². The Morgan fingerprint density at radius 3 is 2.77 bits per heavy atom. The minimum Gasteiger partial charge on any atom is -0.381 e. The van der Waals surface area contributed by atoms with Gasteiger partial charge in [-0.2, -0.15) is 0 Å². The van der Waals surface area contributed by atoms with Crippen molar-refractivity contribution in [3.8, 4) is 0 Å². The number of methoxy groups -OCH3 is 1. The average molecular weight is 180 g/mol. The molecule has 0 amide bonds. The van der Waals surface area contributed by atoms with Gasteiger partial charge in [-0.1, -0.05) is 18.6 Å². The molecule has 0 bridgehead atoms. The molecule has 2 aliphatic rings. The lowest BCUT2D eigenvalue weighted by Gasteiger charge is -2.27. The second-order valence-corrected chi connectivity index (χ2v) is 4.39. The molecule has 0 aromatic heterocycles. The molecule has 1 nitrogen and oxygen atoms in total. The van der Waals surface area contributed by atoms with E-state index in [-0.39, 0.29) is 0 Å². The van der Waals surface area contributed by atoms with E-state index in [9.17, 15) is 0 Å². The molecule has 3 atom stereocenters. The predicted octanol–water partition coefficient (Wildman–Crippen LogP) is 3.16. The molecule has 74 valence electrons. The standard InChI is InChI=1S/C12H20O/c1-13-12-9-5-8-11(12)10-6-3-2-4-7-10/h3,6,10-12H,2,4-5,7-9H2,1H3. The highest BCUT2D eigenvalue weighted by molar-refractivity contribution is 4.99. The Morgan fingerprint density at radius 1 is 1.15 bits per heavy atom. The van der Waals surface area contributed by atoms with E-state index in [1.807, 2.05) is 7.11 Å². The van der Waals surface area contributed by atoms with E-state index in [4.69, 9.17) is 4.74 Å². The molecule has 2 aliphatic carbocycles. The van der Waals surface area contributed by atoms with E-state index >= 15 is 0 Å². The van der Waals surface area contributed by atoms with Crippen LogP contribution >= 0.6 is 0 Å². The van der Waals surface area contributed by atoms with Crippen LogP contribution in [0.4, 0.5) is 0 Å². The molecular formula is C12H20O. The van der Waals surface area contributed by atoms with Gasteiger partial charge in [0.05, 0.1) is 6.10 Å². The summed E-state index contributed by atoms with van der Waals surface area (Å²) in [6, 6.07) is 0. The van der Waals surface area contributed by atoms with Crippen molar-refractivity contribution < 1.29 is 4.74 Å². The largest absolute Gasteiger partial charge is 0.381 e. The Balaban J connectivity index is 1.97. The SMILES string of the molecule is COC1CCCC1C1C=CCCC1. The van der Waals surface area contributed by atoms with Gasteiger partial charge in [0.1, 0.15) is 0 Å². The van der Waals surface area contributed by atoms with Crippen LogP contribution in [0.5, 0.6) is 0 Å². The maximum atomic E-state index is 5.54. The molecule has 0 N–H and O–H groups in total. The van der Waals surface area contributed by atoms with Crippen molar-refractivity contribution in [2.45, 2.75) is 44.6 Å². The molecule has 0 aliphatic heterocycles. The van der Waals surface area contributed by atoms with Gasteiger partial charge in [-0.15, -0.1) is 0 Å². The highest BCUT2D eigenvalue weighted by atomic mass is 16.5. The number of hydrogen-bond donors (Lipinski definition) is 0. The average Bonchev–Trinajstić information content (AvgIpc) is 2.67. The zero-order chi connectivity index (χ0) is 9.10. The van der Waals surface area contributed by atoms with Crippen LogP contribution in [-0.2, 0) is 4.74 Å². The summed E-state index contributed by atoms with van der Waals surface area (Å²) in [7, 11) is 1.87. The third-order valence-electron chi connectivity index (χ3n) is 3.65. The van der Waals surface area contributed by atoms with Gasteiger partial charge in [-0.3, -0.25) is 0 Å². The first-order valence-electron chi connectivity index (χ1n) is 5.61. The van der Waals surface area contributed by atoms with Gasteiger partial charge < -0.3 is 4.74 Å². The molecule has 0 radical (unpaired) electrons. The summed E-state index contributed by atoms with van der Waals surface area (Å²) < 4.78 is 5.54. The van der Waals surface area contributed by atoms with Crippen molar-refractivity contribution in [2.75, 3.05) is 7.11 Å². The summed E-state index contributed by atoms with van der Waals surface area (Å²) in [4.78, 5) is 0. The zero-order valence-electron chi connectivity index (χ0n) is 8.54. The van der Waals surface area contributed by atoms with Crippen molar-refractivity contribution in [3.05, 3.63) is 12.2 Å². The van der Waals surface area contributed by atoms with Gasteiger partial charge in [0.15, 0.2) is 0 Å². The molecule has 2 rings (SSSR count). The molecule has 0 heterocycles. The van der Waals surface area contributed by atoms with E-state index in [1.54, 1.807) is 0 Å². The van der Waals surface area contributed by atoms with Crippen molar-refractivity contribution in [1.82, 2.24) is 0 Å². The van der Waals surface area contributed by atoms with Gasteiger partial charge in [0, 0.05) is 7.11 Å². The zero-order valence-corrected chi connectivity index (χ0v) is 8.54. The molecule has 1 heteroatoms. The van der Waals surface area contributed by atoms with E-state index in [0.717, 1.165) is 11.8 Å². The minimum atomic E-state index is 0.549. The molecule has 0 spiro atoms. The monoisotopic (exact) mass is 180 g/mol. The van der Waals surface area contributed by atoms with Crippen LogP contribution in [0.3, 0.4) is 0 Å². The number of ether oxygens (including phenoxy) is 1. The molecule has 0 aromatic rings. The topological polar surface area (TPSA) is 9.23 Å². The van der Waals surface area contributed by atoms with Crippen molar-refractivity contribution in [1.29, 1.82) is 0 Å². The fraction of sp³-hybridized carbons (Fsp3) is 0.833. The Kier molecular flexibility index (Phi) is 3.05. The summed E-state index contributed by atoms with van der Waals surface area (Å²) in [6.45, 7) is 0.